The molecule has 104 valence electrons. The van der Waals surface area contributed by atoms with E-state index in [0.717, 1.165) is 44.4 Å². The van der Waals surface area contributed by atoms with Crippen molar-refractivity contribution in [1.29, 1.82) is 0 Å². The fourth-order valence-electron chi connectivity index (χ4n) is 3.21. The summed E-state index contributed by atoms with van der Waals surface area (Å²) in [7, 11) is 0. The van der Waals surface area contributed by atoms with Crippen molar-refractivity contribution in [3.8, 4) is 0 Å². The number of rotatable bonds is 4. The molecular formula is C14H26N2O2. The van der Waals surface area contributed by atoms with Crippen LogP contribution in [0.5, 0.6) is 0 Å². The number of carbonyl (C=O) groups is 1. The Morgan fingerprint density at radius 3 is 2.67 bits per heavy atom. The molecule has 2 saturated heterocycles. The Kier molecular flexibility index (Phi) is 5.01. The van der Waals surface area contributed by atoms with Gasteiger partial charge in [0.15, 0.2) is 0 Å². The Morgan fingerprint density at radius 2 is 2.06 bits per heavy atom. The topological polar surface area (TPSA) is 41.6 Å². The molecule has 3 atom stereocenters. The van der Waals surface area contributed by atoms with Gasteiger partial charge in [-0.2, -0.15) is 0 Å². The van der Waals surface area contributed by atoms with Gasteiger partial charge in [0.05, 0.1) is 0 Å². The van der Waals surface area contributed by atoms with Crippen LogP contribution in [-0.4, -0.2) is 49.7 Å². The first-order chi connectivity index (χ1) is 8.65. The molecule has 0 aromatic heterocycles. The lowest BCUT2D eigenvalue weighted by molar-refractivity contribution is -0.130. The van der Waals surface area contributed by atoms with Crippen LogP contribution in [0.15, 0.2) is 0 Å². The van der Waals surface area contributed by atoms with Gasteiger partial charge in [0, 0.05) is 32.8 Å². The molecule has 2 rings (SSSR count). The SMILES string of the molecule is C[C@@H]1C[C@H](C)CN(CCNC(=O)[C@@H]2CCCO2)C1. The van der Waals surface area contributed by atoms with E-state index in [9.17, 15) is 4.79 Å². The summed E-state index contributed by atoms with van der Waals surface area (Å²) in [6.07, 6.45) is 3.03. The van der Waals surface area contributed by atoms with Gasteiger partial charge in [0.1, 0.15) is 6.10 Å². The molecule has 0 unspecified atom stereocenters. The van der Waals surface area contributed by atoms with Gasteiger partial charge in [0.25, 0.3) is 0 Å². The average molecular weight is 254 g/mol. The standard InChI is InChI=1S/C14H26N2O2/c1-11-8-12(2)10-16(9-11)6-5-15-14(17)13-4-3-7-18-13/h11-13H,3-10H2,1-2H3,(H,15,17)/t11-,12+,13-/m0/s1. The molecular weight excluding hydrogens is 228 g/mol. The van der Waals surface area contributed by atoms with Gasteiger partial charge in [-0.25, -0.2) is 0 Å². The number of nitrogens with one attached hydrogen (secondary N) is 1. The fourth-order valence-corrected chi connectivity index (χ4v) is 3.21. The Morgan fingerprint density at radius 1 is 1.33 bits per heavy atom. The predicted molar refractivity (Wildman–Crippen MR) is 71.4 cm³/mol. The van der Waals surface area contributed by atoms with Crippen molar-refractivity contribution in [2.75, 3.05) is 32.8 Å². The second-order valence-electron chi connectivity index (χ2n) is 6.00. The second-order valence-corrected chi connectivity index (χ2v) is 6.00. The van der Waals surface area contributed by atoms with E-state index in [-0.39, 0.29) is 12.0 Å². The quantitative estimate of drug-likeness (QED) is 0.821. The molecule has 2 aliphatic heterocycles. The minimum atomic E-state index is -0.191. The predicted octanol–water partition coefficient (Wildman–Crippen LogP) is 1.26. The summed E-state index contributed by atoms with van der Waals surface area (Å²) in [5.41, 5.74) is 0. The number of piperidine rings is 1. The van der Waals surface area contributed by atoms with Gasteiger partial charge in [-0.15, -0.1) is 0 Å². The summed E-state index contributed by atoms with van der Waals surface area (Å²) in [5, 5.41) is 3.00. The minimum Gasteiger partial charge on any atom is -0.368 e. The lowest BCUT2D eigenvalue weighted by Crippen LogP contribution is -2.44. The molecule has 18 heavy (non-hydrogen) atoms. The van der Waals surface area contributed by atoms with E-state index in [4.69, 9.17) is 4.74 Å². The van der Waals surface area contributed by atoms with E-state index in [2.05, 4.69) is 24.1 Å². The van der Waals surface area contributed by atoms with Gasteiger partial charge in [-0.3, -0.25) is 4.79 Å². The zero-order chi connectivity index (χ0) is 13.0. The fraction of sp³-hybridized carbons (Fsp3) is 0.929. The molecule has 0 radical (unpaired) electrons. The van der Waals surface area contributed by atoms with E-state index in [0.29, 0.717) is 0 Å². The maximum Gasteiger partial charge on any atom is 0.249 e. The molecule has 2 heterocycles. The molecule has 0 bridgehead atoms. The minimum absolute atomic E-state index is 0.0746. The number of likely N-dealkylation sites (tertiary alicyclic amines) is 1. The van der Waals surface area contributed by atoms with Crippen LogP contribution in [0.1, 0.15) is 33.1 Å². The van der Waals surface area contributed by atoms with Crippen LogP contribution in [0.2, 0.25) is 0 Å². The zero-order valence-electron chi connectivity index (χ0n) is 11.7. The first-order valence-corrected chi connectivity index (χ1v) is 7.27. The van der Waals surface area contributed by atoms with Gasteiger partial charge in [0.2, 0.25) is 5.91 Å². The number of hydrogen-bond acceptors (Lipinski definition) is 3. The molecule has 1 amide bonds. The Labute approximate surface area is 110 Å². The molecule has 4 heteroatoms. The van der Waals surface area contributed by atoms with Crippen molar-refractivity contribution in [3.63, 3.8) is 0 Å². The lowest BCUT2D eigenvalue weighted by atomic mass is 9.92. The molecule has 1 N–H and O–H groups in total. The van der Waals surface area contributed by atoms with Crippen LogP contribution in [0.25, 0.3) is 0 Å². The van der Waals surface area contributed by atoms with Crippen molar-refractivity contribution in [3.05, 3.63) is 0 Å². The number of hydrogen-bond donors (Lipinski definition) is 1. The van der Waals surface area contributed by atoms with E-state index >= 15 is 0 Å². The summed E-state index contributed by atoms with van der Waals surface area (Å²) < 4.78 is 5.37. The highest BCUT2D eigenvalue weighted by Crippen LogP contribution is 2.20. The number of amides is 1. The smallest absolute Gasteiger partial charge is 0.249 e. The summed E-state index contributed by atoms with van der Waals surface area (Å²) in [4.78, 5) is 14.2. The first-order valence-electron chi connectivity index (χ1n) is 7.27. The normalized spacial score (nSPS) is 33.6. The third-order valence-corrected chi connectivity index (χ3v) is 3.89. The number of nitrogens with zero attached hydrogens (tertiary/aromatic N) is 1. The second kappa shape index (κ2) is 6.53. The average Bonchev–Trinajstić information content (AvgIpc) is 2.80. The van der Waals surface area contributed by atoms with Crippen molar-refractivity contribution in [2.45, 2.75) is 39.2 Å². The monoisotopic (exact) mass is 254 g/mol. The highest BCUT2D eigenvalue weighted by Gasteiger charge is 2.24. The van der Waals surface area contributed by atoms with E-state index in [1.54, 1.807) is 0 Å². The summed E-state index contributed by atoms with van der Waals surface area (Å²) in [6.45, 7) is 9.41. The van der Waals surface area contributed by atoms with E-state index in [1.807, 2.05) is 0 Å². The summed E-state index contributed by atoms with van der Waals surface area (Å²) in [6, 6.07) is 0. The van der Waals surface area contributed by atoms with E-state index in [1.165, 1.54) is 19.5 Å². The van der Waals surface area contributed by atoms with Crippen LogP contribution < -0.4 is 5.32 Å². The highest BCUT2D eigenvalue weighted by atomic mass is 16.5. The Hall–Kier alpha value is -0.610. The first kappa shape index (κ1) is 13.8. The summed E-state index contributed by atoms with van der Waals surface area (Å²) >= 11 is 0. The largest absolute Gasteiger partial charge is 0.368 e. The number of ether oxygens (including phenoxy) is 1. The number of carbonyl (C=O) groups excluding carboxylic acids is 1. The van der Waals surface area contributed by atoms with Gasteiger partial charge < -0.3 is 15.0 Å². The van der Waals surface area contributed by atoms with Gasteiger partial charge >= 0.3 is 0 Å². The molecule has 4 nitrogen and oxygen atoms in total. The molecule has 2 aliphatic rings. The Balaban J connectivity index is 1.63. The maximum absolute atomic E-state index is 11.8. The summed E-state index contributed by atoms with van der Waals surface area (Å²) in [5.74, 6) is 1.64. The van der Waals surface area contributed by atoms with Crippen LogP contribution in [0.3, 0.4) is 0 Å². The Bertz CT molecular complexity index is 267. The maximum atomic E-state index is 11.8. The van der Waals surface area contributed by atoms with Crippen molar-refractivity contribution >= 4 is 5.91 Å². The van der Waals surface area contributed by atoms with Crippen molar-refractivity contribution in [2.24, 2.45) is 11.8 Å². The molecule has 0 aromatic rings. The van der Waals surface area contributed by atoms with Crippen LogP contribution in [0.4, 0.5) is 0 Å². The zero-order valence-corrected chi connectivity index (χ0v) is 11.7. The molecule has 2 fully saturated rings. The van der Waals surface area contributed by atoms with E-state index < -0.39 is 0 Å². The molecule has 0 aromatic carbocycles. The van der Waals surface area contributed by atoms with Crippen LogP contribution >= 0.6 is 0 Å². The lowest BCUT2D eigenvalue weighted by Gasteiger charge is -2.34. The van der Waals surface area contributed by atoms with Crippen molar-refractivity contribution in [1.82, 2.24) is 10.2 Å². The van der Waals surface area contributed by atoms with Crippen LogP contribution in [0, 0.1) is 11.8 Å². The van der Waals surface area contributed by atoms with Gasteiger partial charge in [-0.05, 0) is 31.1 Å². The molecule has 0 aliphatic carbocycles. The van der Waals surface area contributed by atoms with Gasteiger partial charge in [-0.1, -0.05) is 13.8 Å². The molecule has 0 spiro atoms. The third kappa shape index (κ3) is 3.95. The molecule has 0 saturated carbocycles. The van der Waals surface area contributed by atoms with Crippen LogP contribution in [-0.2, 0) is 9.53 Å². The third-order valence-electron chi connectivity index (χ3n) is 3.89. The highest BCUT2D eigenvalue weighted by molar-refractivity contribution is 5.80. The van der Waals surface area contributed by atoms with Crippen molar-refractivity contribution < 1.29 is 9.53 Å².